The van der Waals surface area contributed by atoms with Crippen molar-refractivity contribution in [1.29, 1.82) is 0 Å². The first-order chi connectivity index (χ1) is 7.66. The van der Waals surface area contributed by atoms with Crippen LogP contribution in [0.25, 0.3) is 0 Å². The molecular weight excluding hydrogens is 212 g/mol. The molecule has 6 heteroatoms. The summed E-state index contributed by atoms with van der Waals surface area (Å²) in [4.78, 5) is 24.0. The van der Waals surface area contributed by atoms with E-state index in [1.165, 1.54) is 0 Å². The van der Waals surface area contributed by atoms with Gasteiger partial charge in [0.25, 0.3) is 0 Å². The van der Waals surface area contributed by atoms with E-state index in [1.807, 2.05) is 0 Å². The molecule has 2 saturated heterocycles. The molecule has 2 unspecified atom stereocenters. The lowest BCUT2D eigenvalue weighted by Gasteiger charge is -2.33. The first-order valence-corrected chi connectivity index (χ1v) is 5.48. The van der Waals surface area contributed by atoms with E-state index in [9.17, 15) is 9.59 Å². The number of carboxylic acids is 1. The zero-order valence-electron chi connectivity index (χ0n) is 9.02. The average Bonchev–Trinajstić information content (AvgIpc) is 2.70. The Morgan fingerprint density at radius 2 is 2.44 bits per heavy atom. The highest BCUT2D eigenvalue weighted by Crippen LogP contribution is 2.16. The summed E-state index contributed by atoms with van der Waals surface area (Å²) in [5, 5.41) is 11.6. The Labute approximate surface area is 93.6 Å². The fraction of sp³-hybridized carbons (Fsp3) is 0.800. The summed E-state index contributed by atoms with van der Waals surface area (Å²) in [6.45, 7) is 2.41. The van der Waals surface area contributed by atoms with E-state index in [4.69, 9.17) is 9.84 Å². The van der Waals surface area contributed by atoms with Crippen molar-refractivity contribution in [3.8, 4) is 0 Å². The number of piperazine rings is 1. The van der Waals surface area contributed by atoms with Gasteiger partial charge < -0.3 is 15.2 Å². The monoisotopic (exact) mass is 228 g/mol. The highest BCUT2D eigenvalue weighted by atomic mass is 16.5. The molecule has 2 fully saturated rings. The summed E-state index contributed by atoms with van der Waals surface area (Å²) in [5.74, 6) is -0.622. The Hall–Kier alpha value is -1.14. The van der Waals surface area contributed by atoms with Crippen LogP contribution in [0.5, 0.6) is 0 Å². The third-order valence-electron chi connectivity index (χ3n) is 3.08. The van der Waals surface area contributed by atoms with Crippen molar-refractivity contribution in [3.05, 3.63) is 0 Å². The number of carbonyl (C=O) groups is 2. The molecule has 0 bridgehead atoms. The summed E-state index contributed by atoms with van der Waals surface area (Å²) in [7, 11) is 0. The number of amides is 1. The average molecular weight is 228 g/mol. The standard InChI is InChI=1S/C10H16N2O4/c13-9-5-12(4-7-1-2-16-6-7)8(3-11-9)10(14)15/h7-8H,1-6H2,(H,11,13)(H,14,15). The van der Waals surface area contributed by atoms with Crippen molar-refractivity contribution in [2.45, 2.75) is 12.5 Å². The molecule has 0 aromatic heterocycles. The molecule has 2 N–H and O–H groups in total. The molecule has 0 saturated carbocycles. The van der Waals surface area contributed by atoms with Gasteiger partial charge in [-0.25, -0.2) is 0 Å². The lowest BCUT2D eigenvalue weighted by Crippen LogP contribution is -2.58. The lowest BCUT2D eigenvalue weighted by atomic mass is 10.1. The minimum Gasteiger partial charge on any atom is -0.480 e. The molecule has 0 aromatic carbocycles. The van der Waals surface area contributed by atoms with E-state index < -0.39 is 12.0 Å². The molecule has 0 radical (unpaired) electrons. The summed E-state index contributed by atoms with van der Waals surface area (Å²) in [6, 6.07) is -0.599. The third kappa shape index (κ3) is 2.51. The molecule has 2 rings (SSSR count). The van der Waals surface area contributed by atoms with E-state index in [1.54, 1.807) is 4.90 Å². The summed E-state index contributed by atoms with van der Waals surface area (Å²) in [5.41, 5.74) is 0. The summed E-state index contributed by atoms with van der Waals surface area (Å²) in [6.07, 6.45) is 0.949. The highest BCUT2D eigenvalue weighted by Gasteiger charge is 2.33. The van der Waals surface area contributed by atoms with Crippen LogP contribution in [0.1, 0.15) is 6.42 Å². The van der Waals surface area contributed by atoms with Crippen LogP contribution in [-0.4, -0.2) is 60.8 Å². The molecule has 0 aliphatic carbocycles. The van der Waals surface area contributed by atoms with Gasteiger partial charge in [0.2, 0.25) is 5.91 Å². The number of carbonyl (C=O) groups excluding carboxylic acids is 1. The minimum atomic E-state index is -0.876. The van der Waals surface area contributed by atoms with Crippen LogP contribution in [-0.2, 0) is 14.3 Å². The smallest absolute Gasteiger partial charge is 0.322 e. The van der Waals surface area contributed by atoms with E-state index in [2.05, 4.69) is 5.32 Å². The Kier molecular flexibility index (Phi) is 3.40. The Morgan fingerprint density at radius 3 is 3.06 bits per heavy atom. The Balaban J connectivity index is 1.96. The summed E-state index contributed by atoms with van der Waals surface area (Å²) < 4.78 is 5.25. The first-order valence-electron chi connectivity index (χ1n) is 5.48. The van der Waals surface area contributed by atoms with E-state index >= 15 is 0 Å². The second kappa shape index (κ2) is 4.80. The SMILES string of the molecule is O=C1CN(CC2CCOC2)C(C(=O)O)CN1. The minimum absolute atomic E-state index is 0.101. The van der Waals surface area contributed by atoms with Crippen molar-refractivity contribution in [3.63, 3.8) is 0 Å². The second-order valence-electron chi connectivity index (χ2n) is 4.32. The van der Waals surface area contributed by atoms with Gasteiger partial charge in [-0.1, -0.05) is 0 Å². The molecule has 0 spiro atoms. The molecule has 2 atom stereocenters. The largest absolute Gasteiger partial charge is 0.480 e. The van der Waals surface area contributed by atoms with Gasteiger partial charge in [-0.2, -0.15) is 0 Å². The first kappa shape index (κ1) is 11.3. The van der Waals surface area contributed by atoms with Gasteiger partial charge in [0.15, 0.2) is 0 Å². The zero-order chi connectivity index (χ0) is 11.5. The van der Waals surface area contributed by atoms with Gasteiger partial charge in [0.05, 0.1) is 13.2 Å². The number of hydrogen-bond donors (Lipinski definition) is 2. The molecule has 2 aliphatic rings. The van der Waals surface area contributed by atoms with Crippen molar-refractivity contribution < 1.29 is 19.4 Å². The maximum atomic E-state index is 11.2. The van der Waals surface area contributed by atoms with Gasteiger partial charge in [-0.05, 0) is 12.3 Å². The molecule has 6 nitrogen and oxygen atoms in total. The number of rotatable bonds is 3. The predicted octanol–water partition coefficient (Wildman–Crippen LogP) is -1.09. The fourth-order valence-corrected chi connectivity index (χ4v) is 2.18. The van der Waals surface area contributed by atoms with Crippen molar-refractivity contribution in [1.82, 2.24) is 10.2 Å². The zero-order valence-corrected chi connectivity index (χ0v) is 9.02. The molecule has 90 valence electrons. The Morgan fingerprint density at radius 1 is 1.62 bits per heavy atom. The normalized spacial score (nSPS) is 31.4. The Bertz CT molecular complexity index is 289. The molecule has 16 heavy (non-hydrogen) atoms. The molecule has 2 aliphatic heterocycles. The molecule has 1 amide bonds. The maximum absolute atomic E-state index is 11.2. The number of nitrogens with one attached hydrogen (secondary N) is 1. The fourth-order valence-electron chi connectivity index (χ4n) is 2.18. The van der Waals surface area contributed by atoms with Crippen LogP contribution >= 0.6 is 0 Å². The van der Waals surface area contributed by atoms with Crippen LogP contribution < -0.4 is 5.32 Å². The third-order valence-corrected chi connectivity index (χ3v) is 3.08. The number of aliphatic carboxylic acids is 1. The number of nitrogens with zero attached hydrogens (tertiary/aromatic N) is 1. The molecular formula is C10H16N2O4. The van der Waals surface area contributed by atoms with Gasteiger partial charge >= 0.3 is 5.97 Å². The van der Waals surface area contributed by atoms with E-state index in [-0.39, 0.29) is 19.0 Å². The van der Waals surface area contributed by atoms with Crippen LogP contribution in [0, 0.1) is 5.92 Å². The van der Waals surface area contributed by atoms with Crippen LogP contribution in [0.2, 0.25) is 0 Å². The van der Waals surface area contributed by atoms with Crippen molar-refractivity contribution in [2.75, 3.05) is 32.8 Å². The van der Waals surface area contributed by atoms with Crippen LogP contribution in [0.3, 0.4) is 0 Å². The highest BCUT2D eigenvalue weighted by molar-refractivity contribution is 5.83. The van der Waals surface area contributed by atoms with Crippen LogP contribution in [0.15, 0.2) is 0 Å². The topological polar surface area (TPSA) is 78.9 Å². The summed E-state index contributed by atoms with van der Waals surface area (Å²) >= 11 is 0. The van der Waals surface area contributed by atoms with Gasteiger partial charge in [-0.3, -0.25) is 14.5 Å². The van der Waals surface area contributed by atoms with E-state index in [0.29, 0.717) is 19.1 Å². The number of ether oxygens (including phenoxy) is 1. The van der Waals surface area contributed by atoms with Crippen molar-refractivity contribution in [2.24, 2.45) is 5.92 Å². The quantitative estimate of drug-likeness (QED) is 0.641. The lowest BCUT2D eigenvalue weighted by molar-refractivity contribution is -0.146. The van der Waals surface area contributed by atoms with Gasteiger partial charge in [0.1, 0.15) is 6.04 Å². The maximum Gasteiger partial charge on any atom is 0.322 e. The molecule has 0 aromatic rings. The van der Waals surface area contributed by atoms with Gasteiger partial charge in [0, 0.05) is 19.7 Å². The van der Waals surface area contributed by atoms with Crippen LogP contribution in [0.4, 0.5) is 0 Å². The number of carboxylic acid groups (broad SMARTS) is 1. The van der Waals surface area contributed by atoms with Crippen molar-refractivity contribution >= 4 is 11.9 Å². The second-order valence-corrected chi connectivity index (χ2v) is 4.32. The predicted molar refractivity (Wildman–Crippen MR) is 54.9 cm³/mol. The van der Waals surface area contributed by atoms with E-state index in [0.717, 1.165) is 13.0 Å². The van der Waals surface area contributed by atoms with Gasteiger partial charge in [-0.15, -0.1) is 0 Å². The number of hydrogen-bond acceptors (Lipinski definition) is 4. The molecule has 2 heterocycles.